The van der Waals surface area contributed by atoms with Gasteiger partial charge in [0, 0.05) is 26.7 Å². The highest BCUT2D eigenvalue weighted by molar-refractivity contribution is 4.93. The number of aryl methyl sites for hydroxylation is 1. The molecule has 0 saturated carbocycles. The van der Waals surface area contributed by atoms with Crippen molar-refractivity contribution in [3.8, 4) is 0 Å². The molecule has 0 amide bonds. The van der Waals surface area contributed by atoms with E-state index in [4.69, 9.17) is 10.5 Å². The minimum atomic E-state index is 0.407. The van der Waals surface area contributed by atoms with Crippen molar-refractivity contribution in [3.05, 3.63) is 11.6 Å². The molecule has 2 rings (SSSR count). The van der Waals surface area contributed by atoms with Crippen LogP contribution in [0.1, 0.15) is 30.9 Å². The summed E-state index contributed by atoms with van der Waals surface area (Å²) in [5.74, 6) is 2.01. The lowest BCUT2D eigenvalue weighted by atomic mass is 10.1. The number of nitrogens with two attached hydrogens (primary N) is 1. The normalized spacial score (nSPS) is 18.1. The topological polar surface area (TPSA) is 69.2 Å². The lowest BCUT2D eigenvalue weighted by Gasteiger charge is -2.31. The van der Waals surface area contributed by atoms with Crippen LogP contribution in [-0.2, 0) is 18.3 Å². The quantitative estimate of drug-likeness (QED) is 0.758. The molecule has 1 aromatic rings. The van der Waals surface area contributed by atoms with Crippen molar-refractivity contribution < 1.29 is 4.74 Å². The number of aromatic nitrogens is 3. The maximum absolute atomic E-state index is 5.81. The van der Waals surface area contributed by atoms with Gasteiger partial charge < -0.3 is 15.0 Å². The number of nitrogens with zero attached hydrogens (tertiary/aromatic N) is 4. The van der Waals surface area contributed by atoms with E-state index in [1.807, 2.05) is 14.0 Å². The molecule has 0 unspecified atom stereocenters. The fraction of sp³-hybridized carbons (Fsp3) is 0.846. The number of piperidine rings is 1. The van der Waals surface area contributed by atoms with E-state index in [2.05, 4.69) is 19.7 Å². The summed E-state index contributed by atoms with van der Waals surface area (Å²) in [5, 5.41) is 8.31. The molecule has 1 saturated heterocycles. The average molecular weight is 267 g/mol. The van der Waals surface area contributed by atoms with Crippen LogP contribution in [0.3, 0.4) is 0 Å². The molecule has 1 aliphatic rings. The number of ether oxygens (including phenoxy) is 1. The fourth-order valence-corrected chi connectivity index (χ4v) is 2.36. The van der Waals surface area contributed by atoms with Gasteiger partial charge in [0.15, 0.2) is 0 Å². The summed E-state index contributed by atoms with van der Waals surface area (Å²) >= 11 is 0. The van der Waals surface area contributed by atoms with E-state index in [0.717, 1.165) is 57.2 Å². The second kappa shape index (κ2) is 6.98. The van der Waals surface area contributed by atoms with E-state index < -0.39 is 0 Å². The Balaban J connectivity index is 1.73. The molecule has 0 radical (unpaired) electrons. The lowest BCUT2D eigenvalue weighted by Crippen LogP contribution is -2.37. The second-order valence-electron chi connectivity index (χ2n) is 5.21. The zero-order valence-electron chi connectivity index (χ0n) is 12.0. The number of likely N-dealkylation sites (tertiary alicyclic amines) is 1. The average Bonchev–Trinajstić information content (AvgIpc) is 2.73. The Labute approximate surface area is 114 Å². The molecule has 6 heteroatoms. The maximum atomic E-state index is 5.81. The highest BCUT2D eigenvalue weighted by Crippen LogP contribution is 2.15. The van der Waals surface area contributed by atoms with Crippen molar-refractivity contribution in [2.24, 2.45) is 12.8 Å². The Morgan fingerprint density at radius 2 is 2.05 bits per heavy atom. The van der Waals surface area contributed by atoms with E-state index >= 15 is 0 Å². The zero-order valence-corrected chi connectivity index (χ0v) is 12.0. The summed E-state index contributed by atoms with van der Waals surface area (Å²) in [5.41, 5.74) is 5.46. The molecule has 108 valence electrons. The van der Waals surface area contributed by atoms with Crippen LogP contribution >= 0.6 is 0 Å². The molecule has 0 bridgehead atoms. The number of hydrogen-bond donors (Lipinski definition) is 1. The van der Waals surface area contributed by atoms with Crippen LogP contribution in [0.5, 0.6) is 0 Å². The second-order valence-corrected chi connectivity index (χ2v) is 5.21. The molecule has 0 aromatic carbocycles. The van der Waals surface area contributed by atoms with Crippen molar-refractivity contribution in [3.63, 3.8) is 0 Å². The van der Waals surface area contributed by atoms with Gasteiger partial charge in [-0.25, -0.2) is 0 Å². The Kier molecular flexibility index (Phi) is 5.30. The van der Waals surface area contributed by atoms with E-state index in [1.165, 1.54) is 0 Å². The Morgan fingerprint density at radius 3 is 2.63 bits per heavy atom. The van der Waals surface area contributed by atoms with Gasteiger partial charge in [-0.1, -0.05) is 0 Å². The fourth-order valence-electron chi connectivity index (χ4n) is 2.36. The number of hydrogen-bond acceptors (Lipinski definition) is 5. The molecular weight excluding hydrogens is 242 g/mol. The third-order valence-electron chi connectivity index (χ3n) is 3.78. The van der Waals surface area contributed by atoms with E-state index in [1.54, 1.807) is 0 Å². The van der Waals surface area contributed by atoms with E-state index in [-0.39, 0.29) is 0 Å². The first-order chi connectivity index (χ1) is 9.20. The van der Waals surface area contributed by atoms with Crippen molar-refractivity contribution in [2.45, 2.75) is 38.8 Å². The van der Waals surface area contributed by atoms with Crippen molar-refractivity contribution in [1.29, 1.82) is 0 Å². The van der Waals surface area contributed by atoms with Gasteiger partial charge in [-0.2, -0.15) is 0 Å². The van der Waals surface area contributed by atoms with Gasteiger partial charge in [-0.05, 0) is 32.7 Å². The summed E-state index contributed by atoms with van der Waals surface area (Å²) in [4.78, 5) is 2.42. The molecule has 6 nitrogen and oxygen atoms in total. The highest BCUT2D eigenvalue weighted by Gasteiger charge is 2.20. The van der Waals surface area contributed by atoms with Crippen LogP contribution in [0.15, 0.2) is 0 Å². The third kappa shape index (κ3) is 3.99. The van der Waals surface area contributed by atoms with Crippen molar-refractivity contribution in [1.82, 2.24) is 19.7 Å². The summed E-state index contributed by atoms with van der Waals surface area (Å²) in [7, 11) is 2.02. The predicted octanol–water partition coefficient (Wildman–Crippen LogP) is 0.453. The van der Waals surface area contributed by atoms with Crippen LogP contribution in [0.25, 0.3) is 0 Å². The molecule has 1 aromatic heterocycles. The first kappa shape index (κ1) is 14.4. The zero-order chi connectivity index (χ0) is 13.7. The van der Waals surface area contributed by atoms with Gasteiger partial charge in [-0.3, -0.25) is 4.90 Å². The monoisotopic (exact) mass is 267 g/mol. The lowest BCUT2D eigenvalue weighted by molar-refractivity contribution is 0.00499. The first-order valence-electron chi connectivity index (χ1n) is 7.09. The third-order valence-corrected chi connectivity index (χ3v) is 3.78. The van der Waals surface area contributed by atoms with Gasteiger partial charge in [0.2, 0.25) is 0 Å². The van der Waals surface area contributed by atoms with Gasteiger partial charge >= 0.3 is 0 Å². The number of rotatable bonds is 6. The van der Waals surface area contributed by atoms with Gasteiger partial charge in [0.1, 0.15) is 11.6 Å². The molecule has 2 heterocycles. The Bertz CT molecular complexity index is 384. The Hall–Kier alpha value is -0.980. The largest absolute Gasteiger partial charge is 0.378 e. The standard InChI is InChI=1S/C13H25N5O/c1-11-15-16-13(17(11)2)10-18-7-4-12(5-8-18)19-9-3-6-14/h12H,3-10,14H2,1-2H3. The van der Waals surface area contributed by atoms with E-state index in [9.17, 15) is 0 Å². The van der Waals surface area contributed by atoms with E-state index in [0.29, 0.717) is 12.6 Å². The summed E-state index contributed by atoms with van der Waals surface area (Å²) in [6.07, 6.45) is 3.56. The van der Waals surface area contributed by atoms with Crippen LogP contribution < -0.4 is 5.73 Å². The van der Waals surface area contributed by atoms with Crippen LogP contribution in [0, 0.1) is 6.92 Å². The summed E-state index contributed by atoms with van der Waals surface area (Å²) in [6.45, 7) is 6.51. The summed E-state index contributed by atoms with van der Waals surface area (Å²) < 4.78 is 7.87. The van der Waals surface area contributed by atoms with Crippen LogP contribution in [-0.4, -0.2) is 52.0 Å². The molecule has 19 heavy (non-hydrogen) atoms. The highest BCUT2D eigenvalue weighted by atomic mass is 16.5. The van der Waals surface area contributed by atoms with Gasteiger partial charge in [0.05, 0.1) is 12.6 Å². The van der Waals surface area contributed by atoms with Crippen molar-refractivity contribution in [2.75, 3.05) is 26.2 Å². The Morgan fingerprint density at radius 1 is 1.32 bits per heavy atom. The molecule has 2 N–H and O–H groups in total. The van der Waals surface area contributed by atoms with Crippen molar-refractivity contribution >= 4 is 0 Å². The molecule has 1 aliphatic heterocycles. The maximum Gasteiger partial charge on any atom is 0.146 e. The smallest absolute Gasteiger partial charge is 0.146 e. The first-order valence-corrected chi connectivity index (χ1v) is 7.09. The van der Waals surface area contributed by atoms with Crippen LogP contribution in [0.4, 0.5) is 0 Å². The van der Waals surface area contributed by atoms with Gasteiger partial charge in [0.25, 0.3) is 0 Å². The molecule has 1 fully saturated rings. The minimum absolute atomic E-state index is 0.407. The summed E-state index contributed by atoms with van der Waals surface area (Å²) in [6, 6.07) is 0. The SMILES string of the molecule is Cc1nnc(CN2CCC(OCCCN)CC2)n1C. The molecule has 0 aliphatic carbocycles. The minimum Gasteiger partial charge on any atom is -0.378 e. The molecular formula is C13H25N5O. The molecule has 0 atom stereocenters. The predicted molar refractivity (Wildman–Crippen MR) is 73.7 cm³/mol. The molecule has 0 spiro atoms. The van der Waals surface area contributed by atoms with Gasteiger partial charge in [-0.15, -0.1) is 10.2 Å². The van der Waals surface area contributed by atoms with Crippen LogP contribution in [0.2, 0.25) is 0 Å².